The maximum absolute atomic E-state index is 12.1. The van der Waals surface area contributed by atoms with Gasteiger partial charge in [-0.25, -0.2) is 0 Å². The van der Waals surface area contributed by atoms with E-state index in [0.717, 1.165) is 12.1 Å². The highest BCUT2D eigenvalue weighted by atomic mass is 16.7. The van der Waals surface area contributed by atoms with Crippen molar-refractivity contribution >= 4 is 11.6 Å². The molecule has 1 unspecified atom stereocenters. The molecule has 5 heteroatoms. The second kappa shape index (κ2) is 7.26. The maximum Gasteiger partial charge on any atom is 0.243 e. The number of nitrogens with one attached hydrogen (secondary N) is 2. The Morgan fingerprint density at radius 2 is 2.05 bits per heavy atom. The first-order valence-electron chi connectivity index (χ1n) is 7.10. The summed E-state index contributed by atoms with van der Waals surface area (Å²) >= 11 is 0. The SMILES string of the molecule is CCOC(CNC(=O)C1Cc2ccccc2N1)OCC. The van der Waals surface area contributed by atoms with Crippen LogP contribution in [-0.4, -0.2) is 38.0 Å². The van der Waals surface area contributed by atoms with Crippen LogP contribution in [0.4, 0.5) is 5.69 Å². The second-order valence-corrected chi connectivity index (χ2v) is 4.64. The Labute approximate surface area is 119 Å². The van der Waals surface area contributed by atoms with E-state index in [1.807, 2.05) is 38.1 Å². The molecule has 20 heavy (non-hydrogen) atoms. The van der Waals surface area contributed by atoms with Gasteiger partial charge in [-0.3, -0.25) is 4.79 Å². The van der Waals surface area contributed by atoms with E-state index in [1.54, 1.807) is 0 Å². The summed E-state index contributed by atoms with van der Waals surface area (Å²) in [5, 5.41) is 6.11. The van der Waals surface area contributed by atoms with Crippen molar-refractivity contribution in [2.24, 2.45) is 0 Å². The molecule has 0 fully saturated rings. The fourth-order valence-corrected chi connectivity index (χ4v) is 2.30. The summed E-state index contributed by atoms with van der Waals surface area (Å²) < 4.78 is 10.8. The van der Waals surface area contributed by atoms with Crippen molar-refractivity contribution in [2.45, 2.75) is 32.6 Å². The number of rotatable bonds is 7. The van der Waals surface area contributed by atoms with Gasteiger partial charge in [0.2, 0.25) is 5.91 Å². The lowest BCUT2D eigenvalue weighted by Crippen LogP contribution is -2.43. The van der Waals surface area contributed by atoms with Crippen molar-refractivity contribution in [1.82, 2.24) is 5.32 Å². The van der Waals surface area contributed by atoms with Gasteiger partial charge in [0, 0.05) is 25.3 Å². The molecule has 0 aromatic heterocycles. The zero-order chi connectivity index (χ0) is 14.4. The monoisotopic (exact) mass is 278 g/mol. The van der Waals surface area contributed by atoms with Crippen molar-refractivity contribution < 1.29 is 14.3 Å². The van der Waals surface area contributed by atoms with Crippen LogP contribution in [0.1, 0.15) is 19.4 Å². The Morgan fingerprint density at radius 3 is 2.70 bits per heavy atom. The molecular formula is C15H22N2O3. The molecule has 5 nitrogen and oxygen atoms in total. The molecule has 0 radical (unpaired) electrons. The highest BCUT2D eigenvalue weighted by molar-refractivity contribution is 5.87. The van der Waals surface area contributed by atoms with Crippen LogP contribution in [0, 0.1) is 0 Å². The Bertz CT molecular complexity index is 419. The standard InChI is InChI=1S/C15H22N2O3/c1-3-19-14(20-4-2)10-16-15(18)13-9-11-7-5-6-8-12(11)17-13/h5-8,13-14,17H,3-4,9-10H2,1-2H3,(H,16,18). The molecule has 110 valence electrons. The van der Waals surface area contributed by atoms with E-state index in [4.69, 9.17) is 9.47 Å². The van der Waals surface area contributed by atoms with Crippen molar-refractivity contribution in [1.29, 1.82) is 0 Å². The highest BCUT2D eigenvalue weighted by Crippen LogP contribution is 2.24. The minimum absolute atomic E-state index is 0.0226. The first-order valence-corrected chi connectivity index (χ1v) is 7.10. The van der Waals surface area contributed by atoms with Gasteiger partial charge in [0.05, 0.1) is 6.54 Å². The van der Waals surface area contributed by atoms with Gasteiger partial charge in [0.1, 0.15) is 6.04 Å². The molecule has 0 spiro atoms. The van der Waals surface area contributed by atoms with Crippen LogP contribution in [0.25, 0.3) is 0 Å². The van der Waals surface area contributed by atoms with E-state index in [1.165, 1.54) is 5.56 Å². The molecule has 1 heterocycles. The van der Waals surface area contributed by atoms with Crippen LogP contribution in [0.3, 0.4) is 0 Å². The molecule has 0 bridgehead atoms. The summed E-state index contributed by atoms with van der Waals surface area (Å²) in [6, 6.07) is 7.77. The van der Waals surface area contributed by atoms with Crippen LogP contribution in [0.5, 0.6) is 0 Å². The molecule has 0 aliphatic carbocycles. The lowest BCUT2D eigenvalue weighted by molar-refractivity contribution is -0.140. The molecule has 1 amide bonds. The number of fused-ring (bicyclic) bond motifs is 1. The topological polar surface area (TPSA) is 59.6 Å². The number of ether oxygens (including phenoxy) is 2. The molecule has 2 N–H and O–H groups in total. The zero-order valence-electron chi connectivity index (χ0n) is 12.0. The summed E-state index contributed by atoms with van der Waals surface area (Å²) in [5.41, 5.74) is 2.22. The number of amides is 1. The van der Waals surface area contributed by atoms with E-state index in [9.17, 15) is 4.79 Å². The van der Waals surface area contributed by atoms with Gasteiger partial charge in [-0.1, -0.05) is 18.2 Å². The quantitative estimate of drug-likeness (QED) is 0.743. The molecule has 1 atom stereocenters. The number of hydrogen-bond donors (Lipinski definition) is 2. The summed E-state index contributed by atoms with van der Waals surface area (Å²) in [4.78, 5) is 12.1. The Balaban J connectivity index is 1.81. The van der Waals surface area contributed by atoms with Gasteiger partial charge in [-0.15, -0.1) is 0 Å². The third kappa shape index (κ3) is 3.71. The number of carbonyl (C=O) groups is 1. The van der Waals surface area contributed by atoms with Crippen molar-refractivity contribution in [3.05, 3.63) is 29.8 Å². The Kier molecular flexibility index (Phi) is 5.38. The lowest BCUT2D eigenvalue weighted by Gasteiger charge is -2.19. The van der Waals surface area contributed by atoms with Crippen LogP contribution in [-0.2, 0) is 20.7 Å². The first kappa shape index (κ1) is 14.8. The van der Waals surface area contributed by atoms with E-state index in [2.05, 4.69) is 10.6 Å². The maximum atomic E-state index is 12.1. The zero-order valence-corrected chi connectivity index (χ0v) is 12.0. The number of hydrogen-bond acceptors (Lipinski definition) is 4. The van der Waals surface area contributed by atoms with Crippen LogP contribution < -0.4 is 10.6 Å². The van der Waals surface area contributed by atoms with Gasteiger partial charge >= 0.3 is 0 Å². The molecule has 2 rings (SSSR count). The van der Waals surface area contributed by atoms with E-state index < -0.39 is 0 Å². The second-order valence-electron chi connectivity index (χ2n) is 4.64. The summed E-state index contributed by atoms with van der Waals surface area (Å²) in [7, 11) is 0. The number of para-hydroxylation sites is 1. The molecule has 0 saturated heterocycles. The summed E-state index contributed by atoms with van der Waals surface area (Å²) in [6.45, 7) is 5.31. The Hall–Kier alpha value is -1.59. The molecule has 1 aromatic rings. The number of benzene rings is 1. The average Bonchev–Trinajstić information content (AvgIpc) is 2.89. The smallest absolute Gasteiger partial charge is 0.243 e. The fourth-order valence-electron chi connectivity index (χ4n) is 2.30. The third-order valence-electron chi connectivity index (χ3n) is 3.24. The van der Waals surface area contributed by atoms with Gasteiger partial charge in [-0.05, 0) is 25.5 Å². The highest BCUT2D eigenvalue weighted by Gasteiger charge is 2.26. The molecule has 1 aliphatic rings. The van der Waals surface area contributed by atoms with Gasteiger partial charge < -0.3 is 20.1 Å². The minimum atomic E-state index is -0.377. The van der Waals surface area contributed by atoms with Gasteiger partial charge in [0.25, 0.3) is 0 Å². The molecular weight excluding hydrogens is 256 g/mol. The van der Waals surface area contributed by atoms with Crippen LogP contribution >= 0.6 is 0 Å². The summed E-state index contributed by atoms with van der Waals surface area (Å²) in [6.07, 6.45) is 0.341. The van der Waals surface area contributed by atoms with Crippen LogP contribution in [0.2, 0.25) is 0 Å². The Morgan fingerprint density at radius 1 is 1.35 bits per heavy atom. The number of carbonyl (C=O) groups excluding carboxylic acids is 1. The lowest BCUT2D eigenvalue weighted by atomic mass is 10.1. The summed E-state index contributed by atoms with van der Waals surface area (Å²) in [5.74, 6) is -0.0226. The van der Waals surface area contributed by atoms with E-state index in [-0.39, 0.29) is 18.2 Å². The van der Waals surface area contributed by atoms with Crippen molar-refractivity contribution in [3.8, 4) is 0 Å². The average molecular weight is 278 g/mol. The molecule has 1 aliphatic heterocycles. The van der Waals surface area contributed by atoms with Crippen molar-refractivity contribution in [3.63, 3.8) is 0 Å². The molecule has 0 saturated carbocycles. The fraction of sp³-hybridized carbons (Fsp3) is 0.533. The minimum Gasteiger partial charge on any atom is -0.373 e. The third-order valence-corrected chi connectivity index (χ3v) is 3.24. The first-order chi connectivity index (χ1) is 9.74. The van der Waals surface area contributed by atoms with Gasteiger partial charge in [-0.2, -0.15) is 0 Å². The van der Waals surface area contributed by atoms with E-state index >= 15 is 0 Å². The number of anilines is 1. The van der Waals surface area contributed by atoms with E-state index in [0.29, 0.717) is 19.8 Å². The predicted molar refractivity (Wildman–Crippen MR) is 77.6 cm³/mol. The van der Waals surface area contributed by atoms with Crippen LogP contribution in [0.15, 0.2) is 24.3 Å². The van der Waals surface area contributed by atoms with Crippen molar-refractivity contribution in [2.75, 3.05) is 25.1 Å². The molecule has 1 aromatic carbocycles. The largest absolute Gasteiger partial charge is 0.373 e. The normalized spacial score (nSPS) is 16.9. The van der Waals surface area contributed by atoms with Gasteiger partial charge in [0.15, 0.2) is 6.29 Å². The predicted octanol–water partition coefficient (Wildman–Crippen LogP) is 1.54.